The first-order valence-corrected chi connectivity index (χ1v) is 11.4. The lowest BCUT2D eigenvalue weighted by atomic mass is 10.1. The number of nitrogens with one attached hydrogen (secondary N) is 1. The van der Waals surface area contributed by atoms with Gasteiger partial charge in [0.25, 0.3) is 5.91 Å². The summed E-state index contributed by atoms with van der Waals surface area (Å²) >= 11 is 0. The molecule has 3 aromatic carbocycles. The fraction of sp³-hybridized carbons (Fsp3) is 0.259. The molecule has 1 atom stereocenters. The maximum atomic E-state index is 13.3. The van der Waals surface area contributed by atoms with Crippen LogP contribution in [-0.2, 0) is 13.0 Å². The monoisotopic (exact) mass is 460 g/mol. The zero-order chi connectivity index (χ0) is 24.1. The highest BCUT2D eigenvalue weighted by atomic mass is 19.1. The van der Waals surface area contributed by atoms with E-state index in [4.69, 9.17) is 10.5 Å². The van der Waals surface area contributed by atoms with Crippen molar-refractivity contribution in [3.8, 4) is 11.5 Å². The Hall–Kier alpha value is -3.71. The van der Waals surface area contributed by atoms with Gasteiger partial charge in [0, 0.05) is 24.5 Å². The van der Waals surface area contributed by atoms with Gasteiger partial charge in [0.2, 0.25) is 0 Å². The molecule has 0 saturated carbocycles. The molecule has 1 unspecified atom stereocenters. The van der Waals surface area contributed by atoms with E-state index < -0.39 is 0 Å². The molecule has 176 valence electrons. The second kappa shape index (κ2) is 10.5. The Kier molecular flexibility index (Phi) is 7.23. The zero-order valence-corrected chi connectivity index (χ0v) is 19.4. The van der Waals surface area contributed by atoms with Crippen molar-refractivity contribution in [2.75, 3.05) is 6.54 Å². The van der Waals surface area contributed by atoms with Gasteiger partial charge in [0.15, 0.2) is 0 Å². The Morgan fingerprint density at radius 2 is 1.85 bits per heavy atom. The van der Waals surface area contributed by atoms with Crippen molar-refractivity contribution in [2.24, 2.45) is 11.7 Å². The maximum Gasteiger partial charge on any atom is 0.255 e. The van der Waals surface area contributed by atoms with Crippen molar-refractivity contribution in [2.45, 2.75) is 32.9 Å². The van der Waals surface area contributed by atoms with Crippen LogP contribution in [0.25, 0.3) is 10.9 Å². The topological polar surface area (TPSA) is 82.2 Å². The molecule has 0 radical (unpaired) electrons. The quantitative estimate of drug-likeness (QED) is 0.371. The molecule has 4 rings (SSSR count). The number of nitrogens with two attached hydrogens (primary N) is 1. The van der Waals surface area contributed by atoms with E-state index >= 15 is 0 Å². The van der Waals surface area contributed by atoms with Gasteiger partial charge < -0.3 is 15.8 Å². The van der Waals surface area contributed by atoms with E-state index in [1.165, 1.54) is 24.3 Å². The maximum absolute atomic E-state index is 13.3. The number of halogens is 1. The molecule has 1 amide bonds. The minimum atomic E-state index is -0.358. The number of hydrogen-bond acceptors (Lipinski definition) is 4. The molecule has 7 heteroatoms. The lowest BCUT2D eigenvalue weighted by molar-refractivity contribution is 0.0949. The normalized spacial score (nSPS) is 12.1. The second-order valence-corrected chi connectivity index (χ2v) is 8.84. The third-order valence-electron chi connectivity index (χ3n) is 5.43. The van der Waals surface area contributed by atoms with Gasteiger partial charge in [0.05, 0.1) is 17.3 Å². The van der Waals surface area contributed by atoms with Crippen LogP contribution in [0.5, 0.6) is 11.5 Å². The average molecular weight is 461 g/mol. The molecule has 0 bridgehead atoms. The minimum Gasteiger partial charge on any atom is -0.457 e. The Morgan fingerprint density at radius 1 is 1.12 bits per heavy atom. The molecule has 0 saturated heterocycles. The van der Waals surface area contributed by atoms with Crippen LogP contribution in [-0.4, -0.2) is 28.3 Å². The molecule has 0 fully saturated rings. The predicted octanol–water partition coefficient (Wildman–Crippen LogP) is 4.92. The lowest BCUT2D eigenvalue weighted by Gasteiger charge is -2.16. The van der Waals surface area contributed by atoms with Crippen molar-refractivity contribution in [1.82, 2.24) is 15.1 Å². The third-order valence-corrected chi connectivity index (χ3v) is 5.43. The lowest BCUT2D eigenvalue weighted by Crippen LogP contribution is -2.38. The smallest absolute Gasteiger partial charge is 0.255 e. The highest BCUT2D eigenvalue weighted by Crippen LogP contribution is 2.30. The number of carbonyl (C=O) groups is 1. The van der Waals surface area contributed by atoms with E-state index in [1.54, 1.807) is 18.3 Å². The van der Waals surface area contributed by atoms with Crippen molar-refractivity contribution >= 4 is 16.8 Å². The van der Waals surface area contributed by atoms with E-state index in [0.29, 0.717) is 35.9 Å². The van der Waals surface area contributed by atoms with Crippen LogP contribution >= 0.6 is 0 Å². The summed E-state index contributed by atoms with van der Waals surface area (Å²) in [6.45, 7) is 5.26. The second-order valence-electron chi connectivity index (χ2n) is 8.84. The predicted molar refractivity (Wildman–Crippen MR) is 131 cm³/mol. The fourth-order valence-electron chi connectivity index (χ4n) is 3.80. The van der Waals surface area contributed by atoms with Crippen LogP contribution in [0.15, 0.2) is 72.9 Å². The van der Waals surface area contributed by atoms with E-state index in [9.17, 15) is 9.18 Å². The molecule has 0 spiro atoms. The molecule has 34 heavy (non-hydrogen) atoms. The minimum absolute atomic E-state index is 0.233. The van der Waals surface area contributed by atoms with Gasteiger partial charge in [0.1, 0.15) is 17.3 Å². The first-order chi connectivity index (χ1) is 16.4. The van der Waals surface area contributed by atoms with E-state index in [0.717, 1.165) is 23.0 Å². The summed E-state index contributed by atoms with van der Waals surface area (Å²) in [4.78, 5) is 13.2. The summed E-state index contributed by atoms with van der Waals surface area (Å²) in [6.07, 6.45) is 2.41. The van der Waals surface area contributed by atoms with Crippen LogP contribution in [0.4, 0.5) is 4.39 Å². The van der Waals surface area contributed by atoms with Crippen molar-refractivity contribution in [1.29, 1.82) is 0 Å². The van der Waals surface area contributed by atoms with Crippen LogP contribution in [0.3, 0.4) is 0 Å². The number of carbonyl (C=O) groups excluding carboxylic acids is 1. The molecule has 1 aromatic heterocycles. The highest BCUT2D eigenvalue weighted by Gasteiger charge is 2.18. The summed E-state index contributed by atoms with van der Waals surface area (Å²) in [5, 5.41) is 8.27. The van der Waals surface area contributed by atoms with Gasteiger partial charge in [-0.15, -0.1) is 0 Å². The van der Waals surface area contributed by atoms with Gasteiger partial charge in [-0.1, -0.05) is 44.2 Å². The SMILES string of the molecule is CC(C)Cn1ncc2cc(Oc3ccc(F)cc3)c(C(=O)NCC(N)Cc3ccccc3)cc21. The molecule has 3 N–H and O–H groups in total. The molecular formula is C27H29FN4O2. The van der Waals surface area contributed by atoms with Gasteiger partial charge >= 0.3 is 0 Å². The number of hydrogen-bond donors (Lipinski definition) is 2. The third kappa shape index (κ3) is 5.80. The van der Waals surface area contributed by atoms with E-state index in [-0.39, 0.29) is 17.8 Å². The largest absolute Gasteiger partial charge is 0.457 e. The zero-order valence-electron chi connectivity index (χ0n) is 19.4. The van der Waals surface area contributed by atoms with Gasteiger partial charge in [-0.2, -0.15) is 5.10 Å². The van der Waals surface area contributed by atoms with E-state index in [1.807, 2.05) is 35.0 Å². The van der Waals surface area contributed by atoms with Crippen molar-refractivity contribution in [3.63, 3.8) is 0 Å². The summed E-state index contributed by atoms with van der Waals surface area (Å²) in [6, 6.07) is 19.0. The van der Waals surface area contributed by atoms with Gasteiger partial charge in [-0.25, -0.2) is 4.39 Å². The van der Waals surface area contributed by atoms with Crippen LogP contribution < -0.4 is 15.8 Å². The number of aromatic nitrogens is 2. The standard InChI is InChI=1S/C27H29FN4O2/c1-18(2)17-32-25-14-24(27(33)30-16-22(29)12-19-6-4-3-5-7-19)26(13-20(25)15-31-32)34-23-10-8-21(28)9-11-23/h3-11,13-15,18,22H,12,16-17,29H2,1-2H3,(H,30,33). The van der Waals surface area contributed by atoms with E-state index in [2.05, 4.69) is 24.3 Å². The number of amides is 1. The highest BCUT2D eigenvalue weighted by molar-refractivity contribution is 6.01. The van der Waals surface area contributed by atoms with Crippen LogP contribution in [0.1, 0.15) is 29.8 Å². The molecule has 0 aliphatic rings. The van der Waals surface area contributed by atoms with Crippen LogP contribution in [0, 0.1) is 11.7 Å². The Morgan fingerprint density at radius 3 is 2.56 bits per heavy atom. The number of fused-ring (bicyclic) bond motifs is 1. The molecule has 0 aliphatic carbocycles. The first kappa shape index (κ1) is 23.4. The Bertz CT molecular complexity index is 1250. The van der Waals surface area contributed by atoms with Crippen molar-refractivity contribution in [3.05, 3.63) is 89.9 Å². The van der Waals surface area contributed by atoms with Crippen molar-refractivity contribution < 1.29 is 13.9 Å². The number of benzene rings is 3. The summed E-state index contributed by atoms with van der Waals surface area (Å²) in [7, 11) is 0. The molecule has 0 aliphatic heterocycles. The molecular weight excluding hydrogens is 431 g/mol. The molecule has 1 heterocycles. The Balaban J connectivity index is 1.59. The number of ether oxygens (including phenoxy) is 1. The van der Waals surface area contributed by atoms with Crippen LogP contribution in [0.2, 0.25) is 0 Å². The summed E-state index contributed by atoms with van der Waals surface area (Å²) in [5.41, 5.74) is 8.60. The fourth-order valence-corrected chi connectivity index (χ4v) is 3.80. The Labute approximate surface area is 198 Å². The van der Waals surface area contributed by atoms with Gasteiger partial charge in [-0.05, 0) is 54.3 Å². The summed E-state index contributed by atoms with van der Waals surface area (Å²) < 4.78 is 21.2. The molecule has 4 aromatic rings. The average Bonchev–Trinajstić information content (AvgIpc) is 3.20. The van der Waals surface area contributed by atoms with Gasteiger partial charge in [-0.3, -0.25) is 9.48 Å². The number of nitrogens with zero attached hydrogens (tertiary/aromatic N) is 2. The molecule has 6 nitrogen and oxygen atoms in total. The number of rotatable bonds is 9. The summed E-state index contributed by atoms with van der Waals surface area (Å²) in [5.74, 6) is 0.553. The first-order valence-electron chi connectivity index (χ1n) is 11.4.